The summed E-state index contributed by atoms with van der Waals surface area (Å²) in [4.78, 5) is 0. The van der Waals surface area contributed by atoms with Crippen LogP contribution in [0.15, 0.2) is 72.8 Å². The lowest BCUT2D eigenvalue weighted by atomic mass is 9.86. The van der Waals surface area contributed by atoms with Gasteiger partial charge in [-0.2, -0.15) is 21.9 Å². The lowest BCUT2D eigenvalue weighted by Gasteiger charge is -2.21. The summed E-state index contributed by atoms with van der Waals surface area (Å²) in [6.07, 6.45) is 0. The molecule has 2 aromatic heterocycles. The van der Waals surface area contributed by atoms with Gasteiger partial charge in [0, 0.05) is 43.1 Å². The van der Waals surface area contributed by atoms with E-state index in [1.54, 1.807) is 42.5 Å². The second-order valence-electron chi connectivity index (χ2n) is 12.4. The van der Waals surface area contributed by atoms with Gasteiger partial charge in [0.1, 0.15) is 11.3 Å². The number of hydrogen-bond donors (Lipinski definition) is 2. The summed E-state index contributed by atoms with van der Waals surface area (Å²) in [5, 5.41) is 13.1. The predicted molar refractivity (Wildman–Crippen MR) is 190 cm³/mol. The standard InChI is InChI=1S/C36H26N2O9S2/c1-4-45-27-11-7-10-22-29(27)32-31-24(36(22)47-49(42,43)44)15-13-20-19-12-14-23-28-26(18-8-5-6-9-21(18)35(23)46-48(39,40)41)16-25(17(2)3)34(30(19)28)38(37-32)33(20)31/h5-17H,4H2,1-3H3,(H,39,40,41)(H,42,43,44). The molecule has 11 nitrogen and oxygen atoms in total. The van der Waals surface area contributed by atoms with Crippen molar-refractivity contribution in [2.75, 3.05) is 6.61 Å². The summed E-state index contributed by atoms with van der Waals surface area (Å²) < 4.78 is 86.9. The molecular formula is C36H26N2O9S2. The van der Waals surface area contributed by atoms with Crippen molar-refractivity contribution in [3.8, 4) is 17.2 Å². The number of hydrogen-bond acceptors (Lipinski definition) is 8. The first-order valence-electron chi connectivity index (χ1n) is 15.5. The van der Waals surface area contributed by atoms with Crippen LogP contribution < -0.4 is 13.1 Å². The Kier molecular flexibility index (Phi) is 6.05. The van der Waals surface area contributed by atoms with Crippen molar-refractivity contribution < 1.29 is 39.0 Å². The maximum Gasteiger partial charge on any atom is 0.446 e. The van der Waals surface area contributed by atoms with Gasteiger partial charge in [-0.15, -0.1) is 0 Å². The highest BCUT2D eigenvalue weighted by Gasteiger charge is 2.29. The number of pyridine rings is 1. The van der Waals surface area contributed by atoms with Crippen molar-refractivity contribution in [1.29, 1.82) is 0 Å². The van der Waals surface area contributed by atoms with E-state index in [2.05, 4.69) is 19.9 Å². The van der Waals surface area contributed by atoms with Gasteiger partial charge in [-0.3, -0.25) is 9.11 Å². The molecule has 0 radical (unpaired) electrons. The highest BCUT2D eigenvalue weighted by Crippen LogP contribution is 2.51. The van der Waals surface area contributed by atoms with Gasteiger partial charge in [-0.1, -0.05) is 62.4 Å². The average Bonchev–Trinajstić information content (AvgIpc) is 3.44. The Bertz CT molecular complexity index is 3100. The first-order chi connectivity index (χ1) is 23.4. The molecule has 9 aromatic rings. The lowest BCUT2D eigenvalue weighted by Crippen LogP contribution is -2.08. The molecule has 246 valence electrons. The molecule has 0 saturated carbocycles. The van der Waals surface area contributed by atoms with Gasteiger partial charge < -0.3 is 13.1 Å². The lowest BCUT2D eigenvalue weighted by molar-refractivity contribution is 0.344. The van der Waals surface area contributed by atoms with E-state index < -0.39 is 20.8 Å². The Labute approximate surface area is 278 Å². The fourth-order valence-electron chi connectivity index (χ4n) is 7.69. The van der Waals surface area contributed by atoms with Gasteiger partial charge in [0.05, 0.1) is 23.0 Å². The van der Waals surface area contributed by atoms with Gasteiger partial charge >= 0.3 is 20.8 Å². The topological polar surface area (TPSA) is 154 Å². The second kappa shape index (κ2) is 9.92. The van der Waals surface area contributed by atoms with Crippen LogP contribution in [0.1, 0.15) is 32.3 Å². The molecule has 13 heteroatoms. The van der Waals surface area contributed by atoms with E-state index in [1.807, 2.05) is 35.7 Å². The molecule has 0 aliphatic rings. The Hall–Kier alpha value is -5.21. The predicted octanol–water partition coefficient (Wildman–Crippen LogP) is 8.17. The minimum atomic E-state index is -4.91. The molecule has 0 amide bonds. The first kappa shape index (κ1) is 29.9. The van der Waals surface area contributed by atoms with Crippen LogP contribution in [0.25, 0.3) is 81.2 Å². The third kappa shape index (κ3) is 4.16. The minimum Gasteiger partial charge on any atom is -0.493 e. The van der Waals surface area contributed by atoms with Crippen molar-refractivity contribution in [2.45, 2.75) is 26.7 Å². The van der Waals surface area contributed by atoms with E-state index in [4.69, 9.17) is 18.2 Å². The maximum absolute atomic E-state index is 12.2. The van der Waals surface area contributed by atoms with Crippen molar-refractivity contribution in [3.63, 3.8) is 0 Å². The molecule has 0 saturated heterocycles. The number of aromatic nitrogens is 2. The molecule has 7 aromatic carbocycles. The van der Waals surface area contributed by atoms with E-state index >= 15 is 0 Å². The zero-order valence-electron chi connectivity index (χ0n) is 26.2. The van der Waals surface area contributed by atoms with E-state index in [1.165, 1.54) is 0 Å². The van der Waals surface area contributed by atoms with Crippen LogP contribution in [0, 0.1) is 0 Å². The monoisotopic (exact) mass is 694 g/mol. The van der Waals surface area contributed by atoms with Crippen molar-refractivity contribution in [1.82, 2.24) is 9.61 Å². The van der Waals surface area contributed by atoms with E-state index in [9.17, 15) is 25.9 Å². The third-order valence-electron chi connectivity index (χ3n) is 9.37. The molecule has 0 aliphatic carbocycles. The van der Waals surface area contributed by atoms with Crippen LogP contribution >= 0.6 is 0 Å². The van der Waals surface area contributed by atoms with Gasteiger partial charge in [0.15, 0.2) is 11.5 Å². The first-order valence-corrected chi connectivity index (χ1v) is 18.2. The molecule has 9 rings (SSSR count). The number of ether oxygens (including phenoxy) is 1. The largest absolute Gasteiger partial charge is 0.493 e. The van der Waals surface area contributed by atoms with Crippen LogP contribution in [-0.2, 0) is 20.8 Å². The highest BCUT2D eigenvalue weighted by atomic mass is 32.3. The normalized spacial score (nSPS) is 13.2. The fraction of sp³-hybridized carbons (Fsp3) is 0.139. The van der Waals surface area contributed by atoms with Crippen LogP contribution in [-0.4, -0.2) is 42.2 Å². The average molecular weight is 695 g/mol. The summed E-state index contributed by atoms with van der Waals surface area (Å²) in [6.45, 7) is 6.35. The molecule has 49 heavy (non-hydrogen) atoms. The number of nitrogens with zero attached hydrogens (tertiary/aromatic N) is 2. The minimum absolute atomic E-state index is 0.00702. The summed E-state index contributed by atoms with van der Waals surface area (Å²) >= 11 is 0. The third-order valence-corrected chi connectivity index (χ3v) is 10.1. The number of benzene rings is 7. The van der Waals surface area contributed by atoms with Crippen LogP contribution in [0.2, 0.25) is 0 Å². The Morgan fingerprint density at radius 1 is 0.653 bits per heavy atom. The van der Waals surface area contributed by atoms with Crippen LogP contribution in [0.5, 0.6) is 17.2 Å². The van der Waals surface area contributed by atoms with Gasteiger partial charge in [0.25, 0.3) is 0 Å². The van der Waals surface area contributed by atoms with Crippen molar-refractivity contribution in [3.05, 3.63) is 78.4 Å². The SMILES string of the molecule is CCOc1cccc2c(OS(=O)(=O)O)c3ccc4c5ccc6c(OS(=O)(=O)O)c7ccccc7c7cc(C(C)C)c(c5c67)n5nc(c12)c3c45. The van der Waals surface area contributed by atoms with E-state index in [0.29, 0.717) is 55.7 Å². The highest BCUT2D eigenvalue weighted by molar-refractivity contribution is 7.81. The van der Waals surface area contributed by atoms with Crippen LogP contribution in [0.4, 0.5) is 0 Å². The molecule has 0 bridgehead atoms. The summed E-state index contributed by atoms with van der Waals surface area (Å²) in [5.41, 5.74) is 2.99. The quantitative estimate of drug-likeness (QED) is 0.0949. The zero-order valence-corrected chi connectivity index (χ0v) is 27.8. The van der Waals surface area contributed by atoms with Gasteiger partial charge in [0.2, 0.25) is 0 Å². The van der Waals surface area contributed by atoms with E-state index in [-0.39, 0.29) is 17.4 Å². The molecule has 0 unspecified atom stereocenters. The number of fused-ring (bicyclic) bond motifs is 6. The van der Waals surface area contributed by atoms with Gasteiger partial charge in [-0.25, -0.2) is 4.52 Å². The molecule has 0 spiro atoms. The van der Waals surface area contributed by atoms with Crippen LogP contribution in [0.3, 0.4) is 0 Å². The second-order valence-corrected chi connectivity index (χ2v) is 14.5. The molecule has 0 fully saturated rings. The molecule has 2 heterocycles. The smallest absolute Gasteiger partial charge is 0.446 e. The van der Waals surface area contributed by atoms with Crippen molar-refractivity contribution >= 4 is 102 Å². The Morgan fingerprint density at radius 3 is 1.92 bits per heavy atom. The summed E-state index contributed by atoms with van der Waals surface area (Å²) in [5.74, 6) is 0.446. The Balaban J connectivity index is 1.59. The Morgan fingerprint density at radius 2 is 1.24 bits per heavy atom. The zero-order chi connectivity index (χ0) is 34.1. The number of rotatable bonds is 7. The molecule has 2 N–H and O–H groups in total. The fourth-order valence-corrected chi connectivity index (χ4v) is 8.47. The maximum atomic E-state index is 12.2. The molecule has 0 aliphatic heterocycles. The van der Waals surface area contributed by atoms with Gasteiger partial charge in [-0.05, 0) is 58.8 Å². The van der Waals surface area contributed by atoms with Crippen molar-refractivity contribution in [2.24, 2.45) is 0 Å². The van der Waals surface area contributed by atoms with E-state index in [0.717, 1.165) is 43.4 Å². The molecule has 0 atom stereocenters. The molecular weight excluding hydrogens is 669 g/mol. The summed E-state index contributed by atoms with van der Waals surface area (Å²) in [6, 6.07) is 21.9. The summed E-state index contributed by atoms with van der Waals surface area (Å²) in [7, 11) is -9.79.